The molecule has 0 saturated carbocycles. The van der Waals surface area contributed by atoms with Crippen LogP contribution in [0.4, 0.5) is 0 Å². The van der Waals surface area contributed by atoms with Gasteiger partial charge < -0.3 is 25.5 Å². The monoisotopic (exact) mass is 686 g/mol. The van der Waals surface area contributed by atoms with Crippen molar-refractivity contribution in [3.63, 3.8) is 0 Å². The minimum absolute atomic E-state index is 0.127. The van der Waals surface area contributed by atoms with Gasteiger partial charge in [0.15, 0.2) is 0 Å². The van der Waals surface area contributed by atoms with Crippen LogP contribution in [0.5, 0.6) is 28.7 Å². The molecule has 5 N–H and O–H groups in total. The van der Waals surface area contributed by atoms with E-state index in [0.717, 1.165) is 4.47 Å². The summed E-state index contributed by atoms with van der Waals surface area (Å²) in [6.07, 6.45) is 1.62. The fourth-order valence-electron chi connectivity index (χ4n) is 6.09. The normalized spacial score (nSPS) is 12.4. The summed E-state index contributed by atoms with van der Waals surface area (Å²) in [5.41, 5.74) is 6.68. The number of benzene rings is 6. The predicted molar refractivity (Wildman–Crippen MR) is 189 cm³/mol. The number of para-hydroxylation sites is 5. The van der Waals surface area contributed by atoms with Crippen molar-refractivity contribution in [3.8, 4) is 28.7 Å². The van der Waals surface area contributed by atoms with E-state index in [4.69, 9.17) is 0 Å². The van der Waals surface area contributed by atoms with Crippen LogP contribution in [0.1, 0.15) is 55.6 Å². The summed E-state index contributed by atoms with van der Waals surface area (Å²) < 4.78 is 1.13. The van der Waals surface area contributed by atoms with E-state index in [1.807, 2.05) is 121 Å². The Morgan fingerprint density at radius 1 is 0.277 bits per heavy atom. The lowest BCUT2D eigenvalue weighted by Crippen LogP contribution is -2.00. The van der Waals surface area contributed by atoms with E-state index >= 15 is 0 Å². The maximum atomic E-state index is 11.2. The SMILES string of the molecule is Brc1ccccc1.Oc1c2cccc1Cc1cccc(c1O)Cc1cccc(c1O)Cc1cccc(c1O)Cc1cccc(c1O)C2. The highest BCUT2D eigenvalue weighted by atomic mass is 79.9. The van der Waals surface area contributed by atoms with Crippen LogP contribution >= 0.6 is 15.9 Å². The topological polar surface area (TPSA) is 101 Å². The summed E-state index contributed by atoms with van der Waals surface area (Å²) in [7, 11) is 0. The number of hydrogen-bond acceptors (Lipinski definition) is 5. The van der Waals surface area contributed by atoms with E-state index in [2.05, 4.69) is 15.9 Å². The lowest BCUT2D eigenvalue weighted by molar-refractivity contribution is 0.451. The smallest absolute Gasteiger partial charge is 0.122 e. The molecule has 0 saturated heterocycles. The Kier molecular flexibility index (Phi) is 9.50. The molecule has 0 aliphatic heterocycles. The van der Waals surface area contributed by atoms with Crippen LogP contribution in [0, 0.1) is 0 Å². The molecule has 0 fully saturated rings. The molecule has 0 radical (unpaired) electrons. The van der Waals surface area contributed by atoms with E-state index in [1.54, 1.807) is 0 Å². The first-order valence-electron chi connectivity index (χ1n) is 15.5. The average molecular weight is 688 g/mol. The maximum absolute atomic E-state index is 11.2. The van der Waals surface area contributed by atoms with E-state index in [1.165, 1.54) is 0 Å². The second kappa shape index (κ2) is 14.1. The number of phenolic OH excluding ortho intramolecular Hbond substituents is 5. The van der Waals surface area contributed by atoms with Crippen molar-refractivity contribution < 1.29 is 25.5 Å². The summed E-state index contributed by atoms with van der Waals surface area (Å²) in [6, 6.07) is 37.6. The molecule has 6 heteroatoms. The van der Waals surface area contributed by atoms with E-state index in [0.29, 0.717) is 87.7 Å². The van der Waals surface area contributed by atoms with Gasteiger partial charge in [-0.2, -0.15) is 0 Å². The minimum Gasteiger partial charge on any atom is -0.507 e. The summed E-state index contributed by atoms with van der Waals surface area (Å²) in [4.78, 5) is 0. The number of rotatable bonds is 0. The quantitative estimate of drug-likeness (QED) is 0.110. The second-order valence-electron chi connectivity index (χ2n) is 11.8. The molecule has 47 heavy (non-hydrogen) atoms. The van der Waals surface area contributed by atoms with E-state index < -0.39 is 0 Å². The molecule has 236 valence electrons. The molecule has 0 heterocycles. The van der Waals surface area contributed by atoms with Gasteiger partial charge >= 0.3 is 0 Å². The molecule has 0 aromatic heterocycles. The molecule has 5 nitrogen and oxygen atoms in total. The van der Waals surface area contributed by atoms with Crippen molar-refractivity contribution in [1.29, 1.82) is 0 Å². The molecule has 1 aliphatic rings. The zero-order valence-electron chi connectivity index (χ0n) is 25.7. The highest BCUT2D eigenvalue weighted by Crippen LogP contribution is 2.37. The van der Waals surface area contributed by atoms with Gasteiger partial charge in [0.1, 0.15) is 28.7 Å². The number of halogens is 1. The minimum atomic E-state index is 0.127. The standard InChI is InChI=1S/C35H30O5.C6H5Br/c36-31-21-6-1-7-22(31)17-24-9-3-11-26(33(24)38)19-28-13-5-15-30(35(28)40)20-29-14-4-12-27(34(29)39)18-25-10-2-8-23(16-21)32(25)37;7-6-4-2-1-3-5-6/h1-15,36-40H,16-20H2;1-5H. The highest BCUT2D eigenvalue weighted by Gasteiger charge is 2.18. The number of fused-ring (bicyclic) bond motifs is 10. The van der Waals surface area contributed by atoms with Crippen LogP contribution in [0.25, 0.3) is 0 Å². The Labute approximate surface area is 282 Å². The van der Waals surface area contributed by atoms with Crippen molar-refractivity contribution in [2.45, 2.75) is 32.1 Å². The molecule has 0 spiro atoms. The van der Waals surface area contributed by atoms with Gasteiger partial charge in [0.25, 0.3) is 0 Å². The first-order chi connectivity index (χ1) is 22.8. The lowest BCUT2D eigenvalue weighted by atomic mass is 9.91. The number of aromatic hydroxyl groups is 5. The Morgan fingerprint density at radius 3 is 0.617 bits per heavy atom. The summed E-state index contributed by atoms with van der Waals surface area (Å²) >= 11 is 3.31. The molecule has 6 aromatic rings. The van der Waals surface area contributed by atoms with Gasteiger partial charge in [0.05, 0.1) is 0 Å². The molecule has 0 unspecified atom stereocenters. The maximum Gasteiger partial charge on any atom is 0.122 e. The third-order valence-electron chi connectivity index (χ3n) is 8.65. The van der Waals surface area contributed by atoms with E-state index in [9.17, 15) is 25.5 Å². The van der Waals surface area contributed by atoms with Gasteiger partial charge in [0, 0.05) is 36.6 Å². The average Bonchev–Trinajstić information content (AvgIpc) is 3.06. The van der Waals surface area contributed by atoms with Gasteiger partial charge in [-0.3, -0.25) is 0 Å². The molecule has 6 aromatic carbocycles. The zero-order chi connectivity index (χ0) is 32.9. The van der Waals surface area contributed by atoms with Crippen LogP contribution in [-0.4, -0.2) is 25.5 Å². The predicted octanol–water partition coefficient (Wildman–Crippen LogP) is 8.93. The van der Waals surface area contributed by atoms with Crippen LogP contribution < -0.4 is 0 Å². The largest absolute Gasteiger partial charge is 0.507 e. The fourth-order valence-corrected chi connectivity index (χ4v) is 6.39. The first kappa shape index (κ1) is 31.8. The van der Waals surface area contributed by atoms with Gasteiger partial charge in [-0.15, -0.1) is 0 Å². The third-order valence-corrected chi connectivity index (χ3v) is 9.18. The first-order valence-corrected chi connectivity index (χ1v) is 16.3. The number of hydrogen-bond donors (Lipinski definition) is 5. The molecule has 0 atom stereocenters. The highest BCUT2D eigenvalue weighted by molar-refractivity contribution is 9.10. The van der Waals surface area contributed by atoms with Gasteiger partial charge in [-0.25, -0.2) is 0 Å². The number of phenols is 5. The van der Waals surface area contributed by atoms with Crippen molar-refractivity contribution in [2.75, 3.05) is 0 Å². The van der Waals surface area contributed by atoms with Gasteiger partial charge in [-0.1, -0.05) is 125 Å². The summed E-state index contributed by atoms with van der Waals surface area (Å²) in [6.45, 7) is 0. The Hall–Kier alpha value is -5.20. The Bertz CT molecular complexity index is 1640. The fraction of sp³-hybridized carbons (Fsp3) is 0.122. The van der Waals surface area contributed by atoms with Crippen molar-refractivity contribution in [1.82, 2.24) is 0 Å². The van der Waals surface area contributed by atoms with Crippen LogP contribution in [0.3, 0.4) is 0 Å². The molecular formula is C41H35BrO5. The molecular weight excluding hydrogens is 652 g/mol. The van der Waals surface area contributed by atoms with Crippen LogP contribution in [0.2, 0.25) is 0 Å². The van der Waals surface area contributed by atoms with E-state index in [-0.39, 0.29) is 28.7 Å². The molecule has 0 amide bonds. The third kappa shape index (κ3) is 7.13. The van der Waals surface area contributed by atoms with Crippen molar-refractivity contribution >= 4 is 15.9 Å². The van der Waals surface area contributed by atoms with Crippen molar-refractivity contribution in [3.05, 3.63) is 181 Å². The lowest BCUT2D eigenvalue weighted by Gasteiger charge is -2.16. The molecule has 1 aliphatic carbocycles. The summed E-state index contributed by atoms with van der Waals surface area (Å²) in [5.74, 6) is 0.635. The van der Waals surface area contributed by atoms with Crippen LogP contribution in [-0.2, 0) is 32.1 Å². The zero-order valence-corrected chi connectivity index (χ0v) is 27.3. The van der Waals surface area contributed by atoms with Crippen LogP contribution in [0.15, 0.2) is 126 Å². The Balaban J connectivity index is 0.000000491. The van der Waals surface area contributed by atoms with Gasteiger partial charge in [0.2, 0.25) is 0 Å². The van der Waals surface area contributed by atoms with Crippen molar-refractivity contribution in [2.24, 2.45) is 0 Å². The van der Waals surface area contributed by atoms with Gasteiger partial charge in [-0.05, 0) is 67.8 Å². The molecule has 7 rings (SSSR count). The summed E-state index contributed by atoms with van der Waals surface area (Å²) in [5, 5.41) is 55.9. The second-order valence-corrected chi connectivity index (χ2v) is 12.7. The molecule has 10 bridgehead atoms. The Morgan fingerprint density at radius 2 is 0.468 bits per heavy atom.